The monoisotopic (exact) mass is 339 g/mol. The molecule has 5 nitrogen and oxygen atoms in total. The van der Waals surface area contributed by atoms with Crippen molar-refractivity contribution in [3.05, 3.63) is 48.2 Å². The number of aromatic nitrogens is 1. The lowest BCUT2D eigenvalue weighted by molar-refractivity contribution is -0.122. The predicted octanol–water partition coefficient (Wildman–Crippen LogP) is 3.20. The zero-order valence-electron chi connectivity index (χ0n) is 14.6. The molecule has 25 heavy (non-hydrogen) atoms. The standard InChI is InChI=1S/C20H25N3O2/c1-2-7-19(24)21-16-10-6-13-23(14-16)20(25)18-12-11-17(22-18)15-8-4-3-5-9-15/h3-5,8-9,11-12,16,22H,2,6-7,10,13-14H2,1H3,(H,21,24). The number of aromatic amines is 1. The van der Waals surface area contributed by atoms with Crippen LogP contribution in [0.25, 0.3) is 11.3 Å². The van der Waals surface area contributed by atoms with E-state index in [-0.39, 0.29) is 17.9 Å². The number of hydrogen-bond acceptors (Lipinski definition) is 2. The molecule has 1 atom stereocenters. The largest absolute Gasteiger partial charge is 0.352 e. The second-order valence-electron chi connectivity index (χ2n) is 6.56. The van der Waals surface area contributed by atoms with E-state index in [1.807, 2.05) is 54.3 Å². The van der Waals surface area contributed by atoms with E-state index in [2.05, 4.69) is 10.3 Å². The molecule has 0 saturated carbocycles. The Morgan fingerprint density at radius 3 is 2.76 bits per heavy atom. The molecule has 1 saturated heterocycles. The van der Waals surface area contributed by atoms with Crippen molar-refractivity contribution in [1.82, 2.24) is 15.2 Å². The van der Waals surface area contributed by atoms with Gasteiger partial charge in [0.2, 0.25) is 5.91 Å². The van der Waals surface area contributed by atoms with Gasteiger partial charge in [-0.05, 0) is 37.0 Å². The second-order valence-corrected chi connectivity index (χ2v) is 6.56. The van der Waals surface area contributed by atoms with Gasteiger partial charge in [-0.25, -0.2) is 0 Å². The normalized spacial score (nSPS) is 17.3. The third-order valence-corrected chi connectivity index (χ3v) is 4.55. The van der Waals surface area contributed by atoms with Gasteiger partial charge in [-0.2, -0.15) is 0 Å². The van der Waals surface area contributed by atoms with Crippen molar-refractivity contribution in [1.29, 1.82) is 0 Å². The number of likely N-dealkylation sites (tertiary alicyclic amines) is 1. The van der Waals surface area contributed by atoms with E-state index in [4.69, 9.17) is 0 Å². The molecule has 0 bridgehead atoms. The van der Waals surface area contributed by atoms with E-state index in [0.717, 1.165) is 37.1 Å². The molecule has 3 rings (SSSR count). The summed E-state index contributed by atoms with van der Waals surface area (Å²) in [7, 11) is 0. The minimum atomic E-state index is -0.00313. The topological polar surface area (TPSA) is 65.2 Å². The Bertz CT molecular complexity index is 724. The maximum Gasteiger partial charge on any atom is 0.270 e. The fourth-order valence-corrected chi connectivity index (χ4v) is 3.28. The highest BCUT2D eigenvalue weighted by Crippen LogP contribution is 2.20. The van der Waals surface area contributed by atoms with Crippen LogP contribution in [0.5, 0.6) is 0 Å². The highest BCUT2D eigenvalue weighted by atomic mass is 16.2. The molecular weight excluding hydrogens is 314 g/mol. The van der Waals surface area contributed by atoms with Crippen molar-refractivity contribution in [3.8, 4) is 11.3 Å². The molecule has 132 valence electrons. The van der Waals surface area contributed by atoms with Crippen molar-refractivity contribution in [3.63, 3.8) is 0 Å². The summed E-state index contributed by atoms with van der Waals surface area (Å²) >= 11 is 0. The highest BCUT2D eigenvalue weighted by molar-refractivity contribution is 5.93. The minimum Gasteiger partial charge on any atom is -0.352 e. The van der Waals surface area contributed by atoms with Crippen LogP contribution >= 0.6 is 0 Å². The molecule has 2 aromatic rings. The summed E-state index contributed by atoms with van der Waals surface area (Å²) in [6, 6.07) is 13.8. The van der Waals surface area contributed by atoms with E-state index in [1.54, 1.807) is 0 Å². The van der Waals surface area contributed by atoms with Gasteiger partial charge in [0.1, 0.15) is 5.69 Å². The van der Waals surface area contributed by atoms with E-state index >= 15 is 0 Å². The first-order valence-electron chi connectivity index (χ1n) is 9.00. The molecule has 1 unspecified atom stereocenters. The predicted molar refractivity (Wildman–Crippen MR) is 98.2 cm³/mol. The number of H-pyrrole nitrogens is 1. The van der Waals surface area contributed by atoms with Crippen molar-refractivity contribution < 1.29 is 9.59 Å². The van der Waals surface area contributed by atoms with Gasteiger partial charge in [0.05, 0.1) is 0 Å². The first kappa shape index (κ1) is 17.3. The molecular formula is C20H25N3O2. The maximum atomic E-state index is 12.8. The molecule has 1 aliphatic heterocycles. The summed E-state index contributed by atoms with van der Waals surface area (Å²) in [6.45, 7) is 3.30. The Balaban J connectivity index is 1.64. The smallest absolute Gasteiger partial charge is 0.270 e. The average molecular weight is 339 g/mol. The number of nitrogens with zero attached hydrogens (tertiary/aromatic N) is 1. The number of amides is 2. The van der Waals surface area contributed by atoms with Gasteiger partial charge in [0, 0.05) is 31.2 Å². The maximum absolute atomic E-state index is 12.8. The molecule has 0 aliphatic carbocycles. The van der Waals surface area contributed by atoms with Crippen molar-refractivity contribution in [2.24, 2.45) is 0 Å². The summed E-state index contributed by atoms with van der Waals surface area (Å²) in [5, 5.41) is 3.04. The Kier molecular flexibility index (Phi) is 5.53. The van der Waals surface area contributed by atoms with Gasteiger partial charge in [-0.1, -0.05) is 37.3 Å². The molecule has 1 aliphatic rings. The van der Waals surface area contributed by atoms with Crippen LogP contribution in [0.1, 0.15) is 43.1 Å². The fraction of sp³-hybridized carbons (Fsp3) is 0.400. The van der Waals surface area contributed by atoms with Crippen LogP contribution in [-0.2, 0) is 4.79 Å². The summed E-state index contributed by atoms with van der Waals surface area (Å²) in [5.41, 5.74) is 2.60. The van der Waals surface area contributed by atoms with Crippen LogP contribution < -0.4 is 5.32 Å². The van der Waals surface area contributed by atoms with Gasteiger partial charge in [-0.15, -0.1) is 0 Å². The fourth-order valence-electron chi connectivity index (χ4n) is 3.28. The van der Waals surface area contributed by atoms with Gasteiger partial charge in [0.25, 0.3) is 5.91 Å². The van der Waals surface area contributed by atoms with E-state index in [0.29, 0.717) is 18.7 Å². The van der Waals surface area contributed by atoms with Crippen LogP contribution in [0, 0.1) is 0 Å². The number of rotatable bonds is 5. The van der Waals surface area contributed by atoms with Gasteiger partial charge in [-0.3, -0.25) is 9.59 Å². The SMILES string of the molecule is CCCC(=O)NC1CCCN(C(=O)c2ccc(-c3ccccc3)[nH]2)C1. The Hall–Kier alpha value is -2.56. The lowest BCUT2D eigenvalue weighted by Crippen LogP contribution is -2.49. The average Bonchev–Trinajstić information content (AvgIpc) is 3.12. The molecule has 1 aromatic carbocycles. The van der Waals surface area contributed by atoms with Crippen LogP contribution in [0.4, 0.5) is 0 Å². The third kappa shape index (κ3) is 4.29. The van der Waals surface area contributed by atoms with E-state index < -0.39 is 0 Å². The molecule has 1 aromatic heterocycles. The number of hydrogen-bond donors (Lipinski definition) is 2. The molecule has 0 radical (unpaired) electrons. The Morgan fingerprint density at radius 1 is 1.20 bits per heavy atom. The Labute approximate surface area is 148 Å². The van der Waals surface area contributed by atoms with Crippen LogP contribution in [0.15, 0.2) is 42.5 Å². The summed E-state index contributed by atoms with van der Waals surface area (Å²) in [5.74, 6) is 0.0738. The molecule has 1 fully saturated rings. The first-order valence-corrected chi connectivity index (χ1v) is 9.00. The summed E-state index contributed by atoms with van der Waals surface area (Å²) in [4.78, 5) is 29.6. The van der Waals surface area contributed by atoms with E-state index in [1.165, 1.54) is 0 Å². The van der Waals surface area contributed by atoms with Crippen molar-refractivity contribution in [2.45, 2.75) is 38.6 Å². The Morgan fingerprint density at radius 2 is 2.00 bits per heavy atom. The second kappa shape index (κ2) is 8.01. The van der Waals surface area contributed by atoms with Gasteiger partial charge >= 0.3 is 0 Å². The van der Waals surface area contributed by atoms with Crippen molar-refractivity contribution >= 4 is 11.8 Å². The van der Waals surface area contributed by atoms with Crippen LogP contribution in [-0.4, -0.2) is 40.8 Å². The van der Waals surface area contributed by atoms with E-state index in [9.17, 15) is 9.59 Å². The number of carbonyl (C=O) groups is 2. The minimum absolute atomic E-state index is 0.00313. The zero-order chi connectivity index (χ0) is 17.6. The zero-order valence-corrected chi connectivity index (χ0v) is 14.6. The summed E-state index contributed by atoms with van der Waals surface area (Å²) in [6.07, 6.45) is 3.22. The lowest BCUT2D eigenvalue weighted by Gasteiger charge is -2.33. The number of carbonyl (C=O) groups excluding carboxylic acids is 2. The molecule has 2 N–H and O–H groups in total. The number of benzene rings is 1. The number of piperidine rings is 1. The lowest BCUT2D eigenvalue weighted by atomic mass is 10.0. The molecule has 2 amide bonds. The van der Waals surface area contributed by atoms with Crippen LogP contribution in [0.3, 0.4) is 0 Å². The quantitative estimate of drug-likeness (QED) is 0.878. The highest BCUT2D eigenvalue weighted by Gasteiger charge is 2.26. The summed E-state index contributed by atoms with van der Waals surface area (Å²) < 4.78 is 0. The van der Waals surface area contributed by atoms with Crippen molar-refractivity contribution in [2.75, 3.05) is 13.1 Å². The molecule has 2 heterocycles. The molecule has 5 heteroatoms. The molecule has 0 spiro atoms. The number of nitrogens with one attached hydrogen (secondary N) is 2. The van der Waals surface area contributed by atoms with Gasteiger partial charge < -0.3 is 15.2 Å². The van der Waals surface area contributed by atoms with Gasteiger partial charge in [0.15, 0.2) is 0 Å². The first-order chi connectivity index (χ1) is 12.2. The third-order valence-electron chi connectivity index (χ3n) is 4.55. The van der Waals surface area contributed by atoms with Crippen LogP contribution in [0.2, 0.25) is 0 Å².